The molecular weight excluding hydrogens is 428 g/mol. The minimum Gasteiger partial charge on any atom is -0.494 e. The first-order valence-corrected chi connectivity index (χ1v) is 13.2. The number of ether oxygens (including phenoxy) is 1. The van der Waals surface area contributed by atoms with Crippen LogP contribution in [0, 0.1) is 0 Å². The van der Waals surface area contributed by atoms with E-state index in [9.17, 15) is 4.79 Å². The summed E-state index contributed by atoms with van der Waals surface area (Å²) in [5, 5.41) is 0.956. The molecule has 0 bridgehead atoms. The number of carbonyl (C=O) groups is 1. The fourth-order valence-electron chi connectivity index (χ4n) is 4.09. The smallest absolute Gasteiger partial charge is 0.194 e. The highest BCUT2D eigenvalue weighted by Crippen LogP contribution is 2.34. The van der Waals surface area contributed by atoms with E-state index in [-0.39, 0.29) is 5.78 Å². The molecule has 0 saturated carbocycles. The van der Waals surface area contributed by atoms with Crippen molar-refractivity contribution >= 4 is 32.9 Å². The van der Waals surface area contributed by atoms with Crippen LogP contribution in [0.5, 0.6) is 5.75 Å². The van der Waals surface area contributed by atoms with Gasteiger partial charge in [-0.25, -0.2) is 0 Å². The molecule has 0 radical (unpaired) electrons. The SMILES string of the molecule is CCCCN(CCCC)CCCOc1ccc(C(=O)c2c(CC)sc3ccc(N)cc23)cc1. The zero-order valence-electron chi connectivity index (χ0n) is 20.4. The lowest BCUT2D eigenvalue weighted by atomic mass is 9.99. The van der Waals surface area contributed by atoms with Gasteiger partial charge >= 0.3 is 0 Å². The molecule has 3 rings (SSSR count). The number of rotatable bonds is 14. The summed E-state index contributed by atoms with van der Waals surface area (Å²) in [6.45, 7) is 10.7. The van der Waals surface area contributed by atoms with Gasteiger partial charge in [0.2, 0.25) is 0 Å². The van der Waals surface area contributed by atoms with Gasteiger partial charge < -0.3 is 15.4 Å². The molecular formula is C28H38N2O2S. The lowest BCUT2D eigenvalue weighted by Crippen LogP contribution is -2.28. The van der Waals surface area contributed by atoms with Crippen molar-refractivity contribution in [1.82, 2.24) is 4.90 Å². The summed E-state index contributed by atoms with van der Waals surface area (Å²) >= 11 is 1.68. The quantitative estimate of drug-likeness (QED) is 0.159. The monoisotopic (exact) mass is 466 g/mol. The maximum Gasteiger partial charge on any atom is 0.194 e. The molecule has 0 aliphatic carbocycles. The number of nitrogens with zero attached hydrogens (tertiary/aromatic N) is 1. The topological polar surface area (TPSA) is 55.6 Å². The lowest BCUT2D eigenvalue weighted by molar-refractivity contribution is 0.104. The van der Waals surface area contributed by atoms with Crippen LogP contribution in [0.15, 0.2) is 42.5 Å². The average Bonchev–Trinajstić information content (AvgIpc) is 3.20. The molecule has 0 aliphatic rings. The Labute approximate surface area is 202 Å². The third kappa shape index (κ3) is 6.81. The molecule has 0 fully saturated rings. The number of hydrogen-bond acceptors (Lipinski definition) is 5. The van der Waals surface area contributed by atoms with Crippen molar-refractivity contribution in [2.75, 3.05) is 32.0 Å². The number of benzene rings is 2. The van der Waals surface area contributed by atoms with Gasteiger partial charge in [-0.15, -0.1) is 11.3 Å². The van der Waals surface area contributed by atoms with Crippen LogP contribution >= 0.6 is 11.3 Å². The van der Waals surface area contributed by atoms with Crippen molar-refractivity contribution in [2.45, 2.75) is 59.3 Å². The van der Waals surface area contributed by atoms with E-state index >= 15 is 0 Å². The van der Waals surface area contributed by atoms with Crippen molar-refractivity contribution in [3.8, 4) is 5.75 Å². The lowest BCUT2D eigenvalue weighted by Gasteiger charge is -2.21. The highest BCUT2D eigenvalue weighted by molar-refractivity contribution is 7.19. The number of nitrogen functional groups attached to an aromatic ring is 1. The van der Waals surface area contributed by atoms with Crippen LogP contribution in [-0.2, 0) is 6.42 Å². The fraction of sp³-hybridized carbons (Fsp3) is 0.464. The van der Waals surface area contributed by atoms with Gasteiger partial charge in [0, 0.05) is 38.3 Å². The molecule has 4 nitrogen and oxygen atoms in total. The molecule has 0 saturated heterocycles. The maximum absolute atomic E-state index is 13.4. The van der Waals surface area contributed by atoms with Crippen molar-refractivity contribution < 1.29 is 9.53 Å². The first kappa shape index (κ1) is 25.3. The third-order valence-corrected chi connectivity index (χ3v) is 7.31. The average molecular weight is 467 g/mol. The first-order valence-electron chi connectivity index (χ1n) is 12.4. The van der Waals surface area contributed by atoms with E-state index in [4.69, 9.17) is 10.5 Å². The minimum atomic E-state index is 0.0535. The van der Waals surface area contributed by atoms with Crippen molar-refractivity contribution in [3.63, 3.8) is 0 Å². The van der Waals surface area contributed by atoms with E-state index in [1.165, 1.54) is 38.8 Å². The molecule has 0 aliphatic heterocycles. The summed E-state index contributed by atoms with van der Waals surface area (Å²) in [5.41, 5.74) is 8.16. The summed E-state index contributed by atoms with van der Waals surface area (Å²) in [6.07, 6.45) is 6.82. The summed E-state index contributed by atoms with van der Waals surface area (Å²) in [7, 11) is 0. The van der Waals surface area contributed by atoms with Gasteiger partial charge in [-0.05, 0) is 81.2 Å². The normalized spacial score (nSPS) is 11.4. The van der Waals surface area contributed by atoms with Crippen LogP contribution in [0.2, 0.25) is 0 Å². The number of thiophene rings is 1. The number of carbonyl (C=O) groups excluding carboxylic acids is 1. The molecule has 2 N–H and O–H groups in total. The first-order chi connectivity index (χ1) is 16.1. The highest BCUT2D eigenvalue weighted by Gasteiger charge is 2.19. The second-order valence-electron chi connectivity index (χ2n) is 8.61. The van der Waals surface area contributed by atoms with Gasteiger partial charge in [-0.3, -0.25) is 4.79 Å². The molecule has 0 spiro atoms. The summed E-state index contributed by atoms with van der Waals surface area (Å²) in [4.78, 5) is 17.0. The van der Waals surface area contributed by atoms with Crippen LogP contribution in [0.1, 0.15) is 73.7 Å². The summed E-state index contributed by atoms with van der Waals surface area (Å²) in [5.74, 6) is 0.869. The van der Waals surface area contributed by atoms with E-state index in [1.54, 1.807) is 11.3 Å². The Balaban J connectivity index is 1.60. The van der Waals surface area contributed by atoms with Gasteiger partial charge in [-0.2, -0.15) is 0 Å². The number of fused-ring (bicyclic) bond motifs is 1. The second-order valence-corrected chi connectivity index (χ2v) is 9.75. The molecule has 3 aromatic rings. The Bertz CT molecular complexity index is 1020. The molecule has 1 heterocycles. The Morgan fingerprint density at radius 2 is 1.61 bits per heavy atom. The van der Waals surface area contributed by atoms with Crippen LogP contribution in [0.4, 0.5) is 5.69 Å². The number of unbranched alkanes of at least 4 members (excludes halogenated alkanes) is 2. The summed E-state index contributed by atoms with van der Waals surface area (Å²) in [6, 6.07) is 13.4. The van der Waals surface area contributed by atoms with E-state index < -0.39 is 0 Å². The molecule has 5 heteroatoms. The van der Waals surface area contributed by atoms with Crippen LogP contribution in [0.3, 0.4) is 0 Å². The third-order valence-electron chi connectivity index (χ3n) is 5.99. The van der Waals surface area contributed by atoms with E-state index in [0.29, 0.717) is 17.9 Å². The van der Waals surface area contributed by atoms with Crippen LogP contribution < -0.4 is 10.5 Å². The Morgan fingerprint density at radius 1 is 0.939 bits per heavy atom. The minimum absolute atomic E-state index is 0.0535. The predicted molar refractivity (Wildman–Crippen MR) is 142 cm³/mol. The van der Waals surface area contributed by atoms with Crippen molar-refractivity contribution in [3.05, 3.63) is 58.5 Å². The van der Waals surface area contributed by atoms with Gasteiger partial charge in [0.05, 0.1) is 6.61 Å². The number of nitrogens with two attached hydrogens (primary N) is 1. The number of hydrogen-bond donors (Lipinski definition) is 1. The molecule has 178 valence electrons. The molecule has 0 amide bonds. The van der Waals surface area contributed by atoms with Crippen molar-refractivity contribution in [2.24, 2.45) is 0 Å². The zero-order valence-corrected chi connectivity index (χ0v) is 21.2. The largest absolute Gasteiger partial charge is 0.494 e. The van der Waals surface area contributed by atoms with Crippen LogP contribution in [-0.4, -0.2) is 36.9 Å². The van der Waals surface area contributed by atoms with E-state index in [1.807, 2.05) is 42.5 Å². The van der Waals surface area contributed by atoms with E-state index in [0.717, 1.165) is 45.7 Å². The molecule has 0 atom stereocenters. The molecule has 33 heavy (non-hydrogen) atoms. The van der Waals surface area contributed by atoms with Gasteiger partial charge in [0.25, 0.3) is 0 Å². The Kier molecular flexibility index (Phi) is 9.76. The molecule has 1 aromatic heterocycles. The van der Waals surface area contributed by atoms with Crippen molar-refractivity contribution in [1.29, 1.82) is 0 Å². The molecule has 0 unspecified atom stereocenters. The number of ketones is 1. The fourth-order valence-corrected chi connectivity index (χ4v) is 5.21. The molecule has 2 aromatic carbocycles. The number of anilines is 1. The van der Waals surface area contributed by atoms with Gasteiger partial charge in [0.1, 0.15) is 5.75 Å². The van der Waals surface area contributed by atoms with Crippen LogP contribution in [0.25, 0.3) is 10.1 Å². The van der Waals surface area contributed by atoms with E-state index in [2.05, 4.69) is 25.7 Å². The predicted octanol–water partition coefficient (Wildman–Crippen LogP) is 6.95. The Morgan fingerprint density at radius 3 is 2.24 bits per heavy atom. The highest BCUT2D eigenvalue weighted by atomic mass is 32.1. The Hall–Kier alpha value is -2.37. The standard InChI is InChI=1S/C28H38N2O2S/c1-4-7-16-30(17-8-5-2)18-9-19-32-23-13-10-21(11-14-23)28(31)27-24-20-22(29)12-15-26(24)33-25(27)6-3/h10-15,20H,4-9,16-19,29H2,1-3H3. The number of aryl methyl sites for hydroxylation is 1. The summed E-state index contributed by atoms with van der Waals surface area (Å²) < 4.78 is 7.08. The maximum atomic E-state index is 13.4. The van der Waals surface area contributed by atoms with Gasteiger partial charge in [-0.1, -0.05) is 33.6 Å². The second kappa shape index (κ2) is 12.8. The zero-order chi connectivity index (χ0) is 23.6. The van der Waals surface area contributed by atoms with Gasteiger partial charge in [0.15, 0.2) is 5.78 Å².